The van der Waals surface area contributed by atoms with Gasteiger partial charge in [0.15, 0.2) is 0 Å². The second kappa shape index (κ2) is 5.31. The zero-order valence-corrected chi connectivity index (χ0v) is 7.63. The second-order valence-electron chi connectivity index (χ2n) is 2.63. The van der Waals surface area contributed by atoms with Gasteiger partial charge in [0.05, 0.1) is 25.1 Å². The van der Waals surface area contributed by atoms with E-state index in [1.54, 1.807) is 12.5 Å². The number of hydrogen-bond donors (Lipinski definition) is 3. The normalized spacial score (nSPS) is 9.92. The van der Waals surface area contributed by atoms with Crippen molar-refractivity contribution in [2.75, 3.05) is 13.1 Å². The van der Waals surface area contributed by atoms with E-state index in [9.17, 15) is 4.79 Å². The van der Waals surface area contributed by atoms with Crippen molar-refractivity contribution >= 4 is 5.91 Å². The lowest BCUT2D eigenvalue weighted by Gasteiger charge is -2.03. The number of aromatic amines is 1. The first kappa shape index (κ1) is 9.73. The van der Waals surface area contributed by atoms with Crippen molar-refractivity contribution in [2.45, 2.75) is 13.5 Å². The standard InChI is InChI=1S/C8H14N4O/c1-2-9-5-8(13)11-4-7-3-10-6-12-7/h3,6,9H,2,4-5H2,1H3,(H,10,12)(H,11,13). The summed E-state index contributed by atoms with van der Waals surface area (Å²) in [6, 6.07) is 0. The fourth-order valence-electron chi connectivity index (χ4n) is 0.876. The van der Waals surface area contributed by atoms with Crippen LogP contribution in [0.1, 0.15) is 12.6 Å². The van der Waals surface area contributed by atoms with Crippen LogP contribution in [0.25, 0.3) is 0 Å². The van der Waals surface area contributed by atoms with Crippen LogP contribution in [-0.4, -0.2) is 29.0 Å². The number of hydrogen-bond acceptors (Lipinski definition) is 3. The van der Waals surface area contributed by atoms with Crippen molar-refractivity contribution in [1.82, 2.24) is 20.6 Å². The van der Waals surface area contributed by atoms with Gasteiger partial charge >= 0.3 is 0 Å². The van der Waals surface area contributed by atoms with E-state index in [4.69, 9.17) is 0 Å². The van der Waals surface area contributed by atoms with Gasteiger partial charge in [0.1, 0.15) is 0 Å². The number of aromatic nitrogens is 2. The third kappa shape index (κ3) is 3.71. The first-order valence-electron chi connectivity index (χ1n) is 4.27. The summed E-state index contributed by atoms with van der Waals surface area (Å²) in [5, 5.41) is 5.69. The van der Waals surface area contributed by atoms with Gasteiger partial charge in [-0.1, -0.05) is 6.92 Å². The summed E-state index contributed by atoms with van der Waals surface area (Å²) in [5.74, 6) is -0.00329. The Morgan fingerprint density at radius 2 is 2.54 bits per heavy atom. The van der Waals surface area contributed by atoms with Gasteiger partial charge in [0.2, 0.25) is 5.91 Å². The fourth-order valence-corrected chi connectivity index (χ4v) is 0.876. The van der Waals surface area contributed by atoms with Crippen LogP contribution < -0.4 is 10.6 Å². The number of amides is 1. The molecule has 1 aromatic rings. The molecule has 0 aliphatic rings. The number of carbonyl (C=O) groups excluding carboxylic acids is 1. The summed E-state index contributed by atoms with van der Waals surface area (Å²) in [6.07, 6.45) is 3.28. The lowest BCUT2D eigenvalue weighted by atomic mass is 10.4. The van der Waals surface area contributed by atoms with E-state index in [-0.39, 0.29) is 5.91 Å². The molecule has 0 atom stereocenters. The van der Waals surface area contributed by atoms with Gasteiger partial charge in [-0.2, -0.15) is 0 Å². The van der Waals surface area contributed by atoms with E-state index >= 15 is 0 Å². The number of likely N-dealkylation sites (N-methyl/N-ethyl adjacent to an activating group) is 1. The second-order valence-corrected chi connectivity index (χ2v) is 2.63. The minimum Gasteiger partial charge on any atom is -0.349 e. The molecule has 0 radical (unpaired) electrons. The molecule has 0 saturated carbocycles. The molecule has 1 amide bonds. The van der Waals surface area contributed by atoms with Crippen molar-refractivity contribution in [2.24, 2.45) is 0 Å². The fraction of sp³-hybridized carbons (Fsp3) is 0.500. The predicted octanol–water partition coefficient (Wildman–Crippen LogP) is -0.365. The predicted molar refractivity (Wildman–Crippen MR) is 49.0 cm³/mol. The maximum absolute atomic E-state index is 11.1. The van der Waals surface area contributed by atoms with Crippen LogP contribution >= 0.6 is 0 Å². The maximum Gasteiger partial charge on any atom is 0.234 e. The summed E-state index contributed by atoms with van der Waals surface area (Å²) in [7, 11) is 0. The molecule has 13 heavy (non-hydrogen) atoms. The van der Waals surface area contributed by atoms with Crippen LogP contribution in [0.4, 0.5) is 0 Å². The van der Waals surface area contributed by atoms with Crippen LogP contribution in [-0.2, 0) is 11.3 Å². The van der Waals surface area contributed by atoms with Crippen molar-refractivity contribution in [3.05, 3.63) is 18.2 Å². The molecular weight excluding hydrogens is 168 g/mol. The molecule has 1 heterocycles. The third-order valence-corrected chi connectivity index (χ3v) is 1.57. The van der Waals surface area contributed by atoms with Crippen LogP contribution in [0.5, 0.6) is 0 Å². The Morgan fingerprint density at radius 3 is 3.15 bits per heavy atom. The van der Waals surface area contributed by atoms with Crippen molar-refractivity contribution in [3.63, 3.8) is 0 Å². The molecule has 72 valence electrons. The molecule has 0 saturated heterocycles. The average molecular weight is 182 g/mol. The first-order valence-corrected chi connectivity index (χ1v) is 4.27. The number of rotatable bonds is 5. The van der Waals surface area contributed by atoms with Crippen molar-refractivity contribution < 1.29 is 4.79 Å². The van der Waals surface area contributed by atoms with Crippen molar-refractivity contribution in [3.8, 4) is 0 Å². The smallest absolute Gasteiger partial charge is 0.234 e. The summed E-state index contributed by atoms with van der Waals surface area (Å²) in [5.41, 5.74) is 0.907. The highest BCUT2D eigenvalue weighted by atomic mass is 16.1. The zero-order valence-electron chi connectivity index (χ0n) is 7.63. The van der Waals surface area contributed by atoms with E-state index < -0.39 is 0 Å². The molecule has 0 fully saturated rings. The summed E-state index contributed by atoms with van der Waals surface area (Å²) < 4.78 is 0. The lowest BCUT2D eigenvalue weighted by molar-refractivity contribution is -0.120. The number of carbonyl (C=O) groups is 1. The topological polar surface area (TPSA) is 69.8 Å². The van der Waals surface area contributed by atoms with E-state index in [1.807, 2.05) is 6.92 Å². The SMILES string of the molecule is CCNCC(=O)NCc1cnc[nH]1. The molecule has 3 N–H and O–H groups in total. The summed E-state index contributed by atoms with van der Waals surface area (Å²) >= 11 is 0. The van der Waals surface area contributed by atoms with E-state index in [1.165, 1.54) is 0 Å². The van der Waals surface area contributed by atoms with Gasteiger partial charge in [-0.25, -0.2) is 4.98 Å². The van der Waals surface area contributed by atoms with Gasteiger partial charge in [-0.3, -0.25) is 4.79 Å². The highest BCUT2D eigenvalue weighted by Gasteiger charge is 1.99. The van der Waals surface area contributed by atoms with Gasteiger partial charge in [-0.05, 0) is 6.54 Å². The van der Waals surface area contributed by atoms with Crippen LogP contribution in [0.2, 0.25) is 0 Å². The van der Waals surface area contributed by atoms with E-state index in [2.05, 4.69) is 20.6 Å². The van der Waals surface area contributed by atoms with Gasteiger partial charge in [0.25, 0.3) is 0 Å². The average Bonchev–Trinajstić information content (AvgIpc) is 2.64. The Balaban J connectivity index is 2.15. The Bertz CT molecular complexity index is 245. The molecule has 0 bridgehead atoms. The monoisotopic (exact) mass is 182 g/mol. The molecule has 0 spiro atoms. The highest BCUT2D eigenvalue weighted by molar-refractivity contribution is 5.77. The molecule has 0 aliphatic heterocycles. The Morgan fingerprint density at radius 1 is 1.69 bits per heavy atom. The minimum atomic E-state index is -0.00329. The molecule has 1 aromatic heterocycles. The number of imidazole rings is 1. The molecular formula is C8H14N4O. The lowest BCUT2D eigenvalue weighted by Crippen LogP contribution is -2.33. The summed E-state index contributed by atoms with van der Waals surface area (Å²) in [6.45, 7) is 3.63. The van der Waals surface area contributed by atoms with E-state index in [0.717, 1.165) is 12.2 Å². The van der Waals surface area contributed by atoms with Crippen LogP contribution in [0, 0.1) is 0 Å². The van der Waals surface area contributed by atoms with Crippen LogP contribution in [0.15, 0.2) is 12.5 Å². The Hall–Kier alpha value is -1.36. The Kier molecular flexibility index (Phi) is 3.98. The minimum absolute atomic E-state index is 0.00329. The quantitative estimate of drug-likeness (QED) is 0.582. The van der Waals surface area contributed by atoms with Crippen molar-refractivity contribution in [1.29, 1.82) is 0 Å². The molecule has 0 aliphatic carbocycles. The number of nitrogens with one attached hydrogen (secondary N) is 3. The first-order chi connectivity index (χ1) is 6.33. The van der Waals surface area contributed by atoms with Crippen LogP contribution in [0.3, 0.4) is 0 Å². The van der Waals surface area contributed by atoms with Gasteiger partial charge < -0.3 is 15.6 Å². The zero-order chi connectivity index (χ0) is 9.52. The molecule has 1 rings (SSSR count). The van der Waals surface area contributed by atoms with Gasteiger partial charge in [-0.15, -0.1) is 0 Å². The third-order valence-electron chi connectivity index (χ3n) is 1.57. The Labute approximate surface area is 76.9 Å². The maximum atomic E-state index is 11.1. The number of nitrogens with zero attached hydrogens (tertiary/aromatic N) is 1. The van der Waals surface area contributed by atoms with E-state index in [0.29, 0.717) is 13.1 Å². The molecule has 0 aromatic carbocycles. The molecule has 0 unspecified atom stereocenters. The highest BCUT2D eigenvalue weighted by Crippen LogP contribution is 1.88. The molecule has 5 nitrogen and oxygen atoms in total. The largest absolute Gasteiger partial charge is 0.349 e. The summed E-state index contributed by atoms with van der Waals surface area (Å²) in [4.78, 5) is 17.8. The number of H-pyrrole nitrogens is 1. The molecule has 5 heteroatoms. The van der Waals surface area contributed by atoms with Gasteiger partial charge in [0, 0.05) is 6.20 Å².